The Bertz CT molecular complexity index is 621. The first kappa shape index (κ1) is 17.6. The summed E-state index contributed by atoms with van der Waals surface area (Å²) >= 11 is 19.3. The van der Waals surface area contributed by atoms with Crippen LogP contribution in [0.3, 0.4) is 0 Å². The third-order valence-corrected chi connectivity index (χ3v) is 4.41. The van der Waals surface area contributed by atoms with E-state index in [1.807, 2.05) is 38.1 Å². The fourth-order valence-corrected chi connectivity index (χ4v) is 3.07. The maximum Gasteiger partial charge on any atom is 0.228 e. The van der Waals surface area contributed by atoms with Crippen LogP contribution in [0, 0.1) is 5.92 Å². The third-order valence-electron chi connectivity index (χ3n) is 2.79. The number of fused-ring (bicyclic) bond motifs is 1. The molecule has 0 bridgehead atoms. The van der Waals surface area contributed by atoms with E-state index < -0.39 is 9.96 Å². The number of nitrogens with one attached hydrogen (secondary N) is 2. The molecule has 1 amide bonds. The normalized spacial score (nSPS) is 13.4. The standard InChI is InChI=1S/C14H16Cl3N3OS/c1-8(2)7-11(21)19-12(14(15,16)17)20-13-18-9-5-3-4-6-10(9)22-13/h3-6,8,12H,7H2,1-2H3,(H,18,20)(H,19,21). The zero-order chi connectivity index (χ0) is 16.3. The molecule has 0 aliphatic rings. The maximum absolute atomic E-state index is 11.9. The van der Waals surface area contributed by atoms with E-state index in [2.05, 4.69) is 15.6 Å². The lowest BCUT2D eigenvalue weighted by Gasteiger charge is -2.26. The minimum Gasteiger partial charge on any atom is -0.338 e. The second kappa shape index (κ2) is 7.21. The van der Waals surface area contributed by atoms with Crippen molar-refractivity contribution in [2.75, 3.05) is 5.32 Å². The summed E-state index contributed by atoms with van der Waals surface area (Å²) in [4.78, 5) is 16.3. The molecule has 4 nitrogen and oxygen atoms in total. The summed E-state index contributed by atoms with van der Waals surface area (Å²) in [5, 5.41) is 6.28. The van der Waals surface area contributed by atoms with Gasteiger partial charge < -0.3 is 10.6 Å². The molecule has 8 heteroatoms. The van der Waals surface area contributed by atoms with E-state index in [9.17, 15) is 4.79 Å². The van der Waals surface area contributed by atoms with E-state index >= 15 is 0 Å². The summed E-state index contributed by atoms with van der Waals surface area (Å²) in [6.45, 7) is 3.90. The van der Waals surface area contributed by atoms with Crippen molar-refractivity contribution in [1.29, 1.82) is 0 Å². The Morgan fingerprint density at radius 1 is 1.32 bits per heavy atom. The quantitative estimate of drug-likeness (QED) is 0.590. The molecular weight excluding hydrogens is 365 g/mol. The summed E-state index contributed by atoms with van der Waals surface area (Å²) < 4.78 is -0.675. The number of aromatic nitrogens is 1. The molecule has 0 aliphatic heterocycles. The van der Waals surface area contributed by atoms with E-state index in [0.717, 1.165) is 10.2 Å². The van der Waals surface area contributed by atoms with E-state index in [-0.39, 0.29) is 11.8 Å². The molecule has 0 radical (unpaired) electrons. The minimum atomic E-state index is -1.69. The highest BCUT2D eigenvalue weighted by atomic mass is 35.6. The lowest BCUT2D eigenvalue weighted by atomic mass is 10.1. The van der Waals surface area contributed by atoms with Gasteiger partial charge in [-0.05, 0) is 18.1 Å². The average Bonchev–Trinajstić information content (AvgIpc) is 2.78. The molecule has 0 spiro atoms. The van der Waals surface area contributed by atoms with Crippen molar-refractivity contribution in [3.05, 3.63) is 24.3 Å². The minimum absolute atomic E-state index is 0.181. The number of anilines is 1. The molecule has 1 heterocycles. The van der Waals surface area contributed by atoms with Gasteiger partial charge in [0.05, 0.1) is 10.2 Å². The van der Waals surface area contributed by atoms with Crippen LogP contribution in [0.15, 0.2) is 24.3 Å². The lowest BCUT2D eigenvalue weighted by Crippen LogP contribution is -2.49. The van der Waals surface area contributed by atoms with Crippen LogP contribution in [0.4, 0.5) is 5.13 Å². The van der Waals surface area contributed by atoms with Gasteiger partial charge in [0, 0.05) is 6.42 Å². The molecule has 1 unspecified atom stereocenters. The van der Waals surface area contributed by atoms with Crippen LogP contribution in [-0.4, -0.2) is 20.8 Å². The van der Waals surface area contributed by atoms with Gasteiger partial charge in [-0.1, -0.05) is 72.1 Å². The molecule has 22 heavy (non-hydrogen) atoms. The van der Waals surface area contributed by atoms with Crippen molar-refractivity contribution in [3.8, 4) is 0 Å². The van der Waals surface area contributed by atoms with Crippen molar-refractivity contribution in [2.45, 2.75) is 30.2 Å². The Labute approximate surface area is 148 Å². The van der Waals surface area contributed by atoms with Crippen LogP contribution in [0.25, 0.3) is 10.2 Å². The Morgan fingerprint density at radius 2 is 2.00 bits per heavy atom. The SMILES string of the molecule is CC(C)CC(=O)NC(Nc1nc2ccccc2s1)C(Cl)(Cl)Cl. The van der Waals surface area contributed by atoms with Gasteiger partial charge >= 0.3 is 0 Å². The zero-order valence-corrected chi connectivity index (χ0v) is 15.2. The molecule has 120 valence electrons. The fourth-order valence-electron chi connectivity index (χ4n) is 1.85. The van der Waals surface area contributed by atoms with Crippen molar-refractivity contribution in [3.63, 3.8) is 0 Å². The van der Waals surface area contributed by atoms with Crippen LogP contribution in [-0.2, 0) is 4.79 Å². The summed E-state index contributed by atoms with van der Waals surface area (Å²) in [7, 11) is 0. The smallest absolute Gasteiger partial charge is 0.228 e. The largest absolute Gasteiger partial charge is 0.338 e. The maximum atomic E-state index is 11.9. The van der Waals surface area contributed by atoms with Gasteiger partial charge in [-0.3, -0.25) is 4.79 Å². The predicted molar refractivity (Wildman–Crippen MR) is 94.9 cm³/mol. The number of hydrogen-bond donors (Lipinski definition) is 2. The molecule has 0 saturated heterocycles. The van der Waals surface area contributed by atoms with Crippen LogP contribution in [0.1, 0.15) is 20.3 Å². The molecule has 1 atom stereocenters. The molecule has 0 fully saturated rings. The number of thiazole rings is 1. The van der Waals surface area contributed by atoms with E-state index in [0.29, 0.717) is 11.6 Å². The number of carbonyl (C=O) groups is 1. The zero-order valence-electron chi connectivity index (χ0n) is 12.1. The number of hydrogen-bond acceptors (Lipinski definition) is 4. The van der Waals surface area contributed by atoms with Crippen molar-refractivity contribution < 1.29 is 4.79 Å². The Hall–Kier alpha value is -0.750. The molecule has 2 rings (SSSR count). The molecule has 2 aromatic rings. The second-order valence-corrected chi connectivity index (χ2v) is 8.67. The van der Waals surface area contributed by atoms with Crippen molar-refractivity contribution in [1.82, 2.24) is 10.3 Å². The summed E-state index contributed by atoms with van der Waals surface area (Å²) in [6.07, 6.45) is -0.497. The number of nitrogens with zero attached hydrogens (tertiary/aromatic N) is 1. The van der Waals surface area contributed by atoms with Crippen LogP contribution < -0.4 is 10.6 Å². The van der Waals surface area contributed by atoms with Crippen molar-refractivity contribution >= 4 is 67.4 Å². The van der Waals surface area contributed by atoms with E-state index in [4.69, 9.17) is 34.8 Å². The van der Waals surface area contributed by atoms with Gasteiger partial charge in [0.15, 0.2) is 5.13 Å². The Balaban J connectivity index is 2.14. The number of rotatable bonds is 5. The summed E-state index contributed by atoms with van der Waals surface area (Å²) in [6, 6.07) is 7.70. The van der Waals surface area contributed by atoms with E-state index in [1.165, 1.54) is 11.3 Å². The monoisotopic (exact) mass is 379 g/mol. The van der Waals surface area contributed by atoms with Gasteiger partial charge in [0.1, 0.15) is 6.17 Å². The lowest BCUT2D eigenvalue weighted by molar-refractivity contribution is -0.122. The Kier molecular flexibility index (Phi) is 5.77. The highest BCUT2D eigenvalue weighted by Gasteiger charge is 2.34. The highest BCUT2D eigenvalue weighted by molar-refractivity contribution is 7.22. The van der Waals surface area contributed by atoms with Gasteiger partial charge in [-0.25, -0.2) is 4.98 Å². The first-order valence-electron chi connectivity index (χ1n) is 6.74. The fraction of sp³-hybridized carbons (Fsp3) is 0.429. The summed E-state index contributed by atoms with van der Waals surface area (Å²) in [5.74, 6) is 0.0402. The second-order valence-electron chi connectivity index (χ2n) is 5.27. The van der Waals surface area contributed by atoms with Crippen LogP contribution >= 0.6 is 46.1 Å². The molecule has 0 saturated carbocycles. The molecule has 2 N–H and O–H groups in total. The molecular formula is C14H16Cl3N3OS. The number of benzene rings is 1. The first-order valence-corrected chi connectivity index (χ1v) is 8.69. The first-order chi connectivity index (χ1) is 10.3. The van der Waals surface area contributed by atoms with E-state index in [1.54, 1.807) is 0 Å². The number of carbonyl (C=O) groups excluding carboxylic acids is 1. The van der Waals surface area contributed by atoms with Gasteiger partial charge in [-0.2, -0.15) is 0 Å². The number of para-hydroxylation sites is 1. The number of alkyl halides is 3. The average molecular weight is 381 g/mol. The molecule has 1 aromatic carbocycles. The highest BCUT2D eigenvalue weighted by Crippen LogP contribution is 2.33. The van der Waals surface area contributed by atoms with Gasteiger partial charge in [0.2, 0.25) is 9.70 Å². The third kappa shape index (κ3) is 4.88. The van der Waals surface area contributed by atoms with Crippen molar-refractivity contribution in [2.24, 2.45) is 5.92 Å². The predicted octanol–water partition coefficient (Wildman–Crippen LogP) is 4.57. The number of halogens is 3. The topological polar surface area (TPSA) is 54.0 Å². The molecule has 1 aromatic heterocycles. The van der Waals surface area contributed by atoms with Gasteiger partial charge in [-0.15, -0.1) is 0 Å². The van der Waals surface area contributed by atoms with Crippen LogP contribution in [0.2, 0.25) is 0 Å². The van der Waals surface area contributed by atoms with Crippen LogP contribution in [0.5, 0.6) is 0 Å². The summed E-state index contributed by atoms with van der Waals surface area (Å²) in [5.41, 5.74) is 0.853. The van der Waals surface area contributed by atoms with Gasteiger partial charge in [0.25, 0.3) is 0 Å². The molecule has 0 aliphatic carbocycles. The Morgan fingerprint density at radius 3 is 2.59 bits per heavy atom. The number of amides is 1.